The minimum absolute atomic E-state index is 0.0421. The van der Waals surface area contributed by atoms with Crippen molar-refractivity contribution in [1.29, 1.82) is 5.26 Å². The van der Waals surface area contributed by atoms with Gasteiger partial charge in [-0.25, -0.2) is 13.1 Å². The third kappa shape index (κ3) is 5.26. The van der Waals surface area contributed by atoms with Gasteiger partial charge in [-0.1, -0.05) is 12.1 Å². The standard InChI is InChI=1S/C24H19N5O6S/c25-11-3-12-26-21-9-7-18(15-22(21)29(31)32)36(33,34)28-24(30)19-4-1-2-5-23(19)35-17-6-8-20-16(14-17)10-13-27-20/h1-2,4-10,13-15,26-27H,3,12H2,(H,28,30). The van der Waals surface area contributed by atoms with E-state index in [1.807, 2.05) is 22.9 Å². The summed E-state index contributed by atoms with van der Waals surface area (Å²) in [5.74, 6) is -0.393. The topological polar surface area (TPSA) is 167 Å². The van der Waals surface area contributed by atoms with E-state index in [9.17, 15) is 23.3 Å². The van der Waals surface area contributed by atoms with E-state index in [1.54, 1.807) is 30.5 Å². The van der Waals surface area contributed by atoms with Crippen LogP contribution in [-0.4, -0.2) is 30.8 Å². The monoisotopic (exact) mass is 505 g/mol. The van der Waals surface area contributed by atoms with E-state index < -0.39 is 31.4 Å². The summed E-state index contributed by atoms with van der Waals surface area (Å²) < 4.78 is 33.6. The lowest BCUT2D eigenvalue weighted by Crippen LogP contribution is -2.30. The van der Waals surface area contributed by atoms with Gasteiger partial charge in [0, 0.05) is 29.7 Å². The van der Waals surface area contributed by atoms with E-state index in [4.69, 9.17) is 10.00 Å². The normalized spacial score (nSPS) is 11.0. The van der Waals surface area contributed by atoms with Gasteiger partial charge in [-0.15, -0.1) is 0 Å². The van der Waals surface area contributed by atoms with Crippen LogP contribution in [0.5, 0.6) is 11.5 Å². The van der Waals surface area contributed by atoms with Crippen molar-refractivity contribution in [1.82, 2.24) is 9.71 Å². The number of amides is 1. The number of carbonyl (C=O) groups is 1. The molecule has 0 saturated carbocycles. The number of rotatable bonds is 9. The molecule has 0 aliphatic carbocycles. The third-order valence-electron chi connectivity index (χ3n) is 5.14. The Hall–Kier alpha value is -4.89. The summed E-state index contributed by atoms with van der Waals surface area (Å²) in [5.41, 5.74) is 0.408. The predicted molar refractivity (Wildman–Crippen MR) is 131 cm³/mol. The first-order valence-corrected chi connectivity index (χ1v) is 12.1. The van der Waals surface area contributed by atoms with Gasteiger partial charge in [0.05, 0.1) is 27.9 Å². The summed E-state index contributed by atoms with van der Waals surface area (Å²) in [6.45, 7) is 0.147. The quantitative estimate of drug-likeness (QED) is 0.172. The zero-order valence-corrected chi connectivity index (χ0v) is 19.4. The van der Waals surface area contributed by atoms with Gasteiger partial charge in [0.2, 0.25) is 0 Å². The molecule has 0 fully saturated rings. The number of aromatic nitrogens is 1. The summed E-state index contributed by atoms with van der Waals surface area (Å²) in [6, 6.07) is 18.3. The Balaban J connectivity index is 1.57. The molecule has 182 valence electrons. The largest absolute Gasteiger partial charge is 0.457 e. The smallest absolute Gasteiger partial charge is 0.293 e. The first-order valence-electron chi connectivity index (χ1n) is 10.6. The Bertz CT molecular complexity index is 1610. The molecule has 4 rings (SSSR count). The number of nitro groups is 1. The number of nitrogens with one attached hydrogen (secondary N) is 3. The zero-order valence-electron chi connectivity index (χ0n) is 18.6. The third-order valence-corrected chi connectivity index (χ3v) is 6.47. The van der Waals surface area contributed by atoms with Gasteiger partial charge in [-0.05, 0) is 48.5 Å². The zero-order chi connectivity index (χ0) is 25.7. The number of nitriles is 1. The molecule has 11 nitrogen and oxygen atoms in total. The minimum atomic E-state index is -4.46. The van der Waals surface area contributed by atoms with E-state index in [0.29, 0.717) is 5.75 Å². The summed E-state index contributed by atoms with van der Waals surface area (Å²) in [4.78, 5) is 26.2. The maximum absolute atomic E-state index is 12.9. The Morgan fingerprint density at radius 3 is 2.69 bits per heavy atom. The number of aromatic amines is 1. The maximum atomic E-state index is 12.9. The fourth-order valence-corrected chi connectivity index (χ4v) is 4.42. The molecule has 0 spiro atoms. The van der Waals surface area contributed by atoms with Crippen LogP contribution in [0.15, 0.2) is 77.8 Å². The SMILES string of the molecule is N#CCCNc1ccc(S(=O)(=O)NC(=O)c2ccccc2Oc2ccc3[nH]ccc3c2)cc1[N+](=O)[O-]. The molecule has 1 amide bonds. The van der Waals surface area contributed by atoms with Gasteiger partial charge in [0.1, 0.15) is 17.2 Å². The highest BCUT2D eigenvalue weighted by molar-refractivity contribution is 7.90. The van der Waals surface area contributed by atoms with Crippen molar-refractivity contribution in [2.24, 2.45) is 0 Å². The van der Waals surface area contributed by atoms with E-state index in [-0.39, 0.29) is 30.0 Å². The van der Waals surface area contributed by atoms with E-state index in [0.717, 1.165) is 23.0 Å². The molecule has 0 unspecified atom stereocenters. The Morgan fingerprint density at radius 1 is 1.11 bits per heavy atom. The van der Waals surface area contributed by atoms with Crippen molar-refractivity contribution < 1.29 is 22.9 Å². The van der Waals surface area contributed by atoms with Gasteiger partial charge in [-0.2, -0.15) is 5.26 Å². The average Bonchev–Trinajstić information content (AvgIpc) is 3.32. The number of sulfonamides is 1. The number of carbonyl (C=O) groups excluding carboxylic acids is 1. The van der Waals surface area contributed by atoms with Gasteiger partial charge in [0.15, 0.2) is 0 Å². The molecule has 0 atom stereocenters. The van der Waals surface area contributed by atoms with Crippen LogP contribution in [0.3, 0.4) is 0 Å². The van der Waals surface area contributed by atoms with Gasteiger partial charge >= 0.3 is 0 Å². The number of hydrogen-bond acceptors (Lipinski definition) is 8. The molecule has 0 saturated heterocycles. The van der Waals surface area contributed by atoms with Crippen LogP contribution in [0.25, 0.3) is 10.9 Å². The summed E-state index contributed by atoms with van der Waals surface area (Å²) in [6.07, 6.45) is 1.88. The average molecular weight is 506 g/mol. The van der Waals surface area contributed by atoms with Crippen LogP contribution in [0.1, 0.15) is 16.8 Å². The van der Waals surface area contributed by atoms with Gasteiger partial charge < -0.3 is 15.0 Å². The number of anilines is 1. The number of fused-ring (bicyclic) bond motifs is 1. The van der Waals surface area contributed by atoms with Gasteiger partial charge in [0.25, 0.3) is 21.6 Å². The number of ether oxygens (including phenoxy) is 1. The molecule has 36 heavy (non-hydrogen) atoms. The first kappa shape index (κ1) is 24.2. The number of H-pyrrole nitrogens is 1. The van der Waals surface area contributed by atoms with Crippen LogP contribution in [-0.2, 0) is 10.0 Å². The van der Waals surface area contributed by atoms with E-state index >= 15 is 0 Å². The predicted octanol–water partition coefficient (Wildman–Crippen LogP) is 4.31. The van der Waals surface area contributed by atoms with Crippen LogP contribution in [0.2, 0.25) is 0 Å². The summed E-state index contributed by atoms with van der Waals surface area (Å²) >= 11 is 0. The number of hydrogen-bond donors (Lipinski definition) is 3. The highest BCUT2D eigenvalue weighted by atomic mass is 32.2. The fraction of sp³-hybridized carbons (Fsp3) is 0.0833. The van der Waals surface area contributed by atoms with Crippen LogP contribution in [0.4, 0.5) is 11.4 Å². The van der Waals surface area contributed by atoms with Crippen LogP contribution in [0, 0.1) is 21.4 Å². The molecular weight excluding hydrogens is 486 g/mol. The minimum Gasteiger partial charge on any atom is -0.457 e. The van der Waals surface area contributed by atoms with Crippen molar-refractivity contribution in [2.45, 2.75) is 11.3 Å². The second kappa shape index (κ2) is 10.2. The molecular formula is C24H19N5O6S. The molecule has 0 bridgehead atoms. The van der Waals surface area contributed by atoms with Crippen molar-refractivity contribution in [3.63, 3.8) is 0 Å². The molecule has 0 radical (unpaired) electrons. The Kier molecular flexibility index (Phi) is 6.84. The van der Waals surface area contributed by atoms with Crippen molar-refractivity contribution in [3.05, 3.63) is 88.6 Å². The second-order valence-corrected chi connectivity index (χ2v) is 9.21. The lowest BCUT2D eigenvalue weighted by Gasteiger charge is -2.12. The summed E-state index contributed by atoms with van der Waals surface area (Å²) in [5, 5.41) is 23.7. The molecule has 3 N–H and O–H groups in total. The Labute approximate surface area is 205 Å². The number of nitrogens with zero attached hydrogens (tertiary/aromatic N) is 2. The number of nitro benzene ring substituents is 1. The molecule has 12 heteroatoms. The molecule has 0 aliphatic rings. The van der Waals surface area contributed by atoms with E-state index in [1.165, 1.54) is 18.2 Å². The highest BCUT2D eigenvalue weighted by Crippen LogP contribution is 2.30. The maximum Gasteiger partial charge on any atom is 0.293 e. The van der Waals surface area contributed by atoms with Crippen molar-refractivity contribution in [2.75, 3.05) is 11.9 Å². The van der Waals surface area contributed by atoms with Crippen LogP contribution < -0.4 is 14.8 Å². The van der Waals surface area contributed by atoms with Gasteiger partial charge in [-0.3, -0.25) is 14.9 Å². The molecule has 1 heterocycles. The van der Waals surface area contributed by atoms with Crippen molar-refractivity contribution >= 4 is 38.2 Å². The number of benzene rings is 3. The van der Waals surface area contributed by atoms with Crippen molar-refractivity contribution in [3.8, 4) is 17.6 Å². The number of para-hydroxylation sites is 1. The highest BCUT2D eigenvalue weighted by Gasteiger charge is 2.25. The lowest BCUT2D eigenvalue weighted by molar-refractivity contribution is -0.384. The van der Waals surface area contributed by atoms with Crippen LogP contribution >= 0.6 is 0 Å². The molecule has 4 aromatic rings. The molecule has 1 aromatic heterocycles. The molecule has 3 aromatic carbocycles. The second-order valence-electron chi connectivity index (χ2n) is 7.53. The first-order chi connectivity index (χ1) is 17.3. The lowest BCUT2D eigenvalue weighted by atomic mass is 10.2. The summed E-state index contributed by atoms with van der Waals surface area (Å²) in [7, 11) is -4.46. The molecule has 0 aliphatic heterocycles. The van der Waals surface area contributed by atoms with E-state index in [2.05, 4.69) is 10.3 Å². The Morgan fingerprint density at radius 2 is 1.92 bits per heavy atom. The fourth-order valence-electron chi connectivity index (χ4n) is 3.43.